The van der Waals surface area contributed by atoms with Gasteiger partial charge in [0, 0.05) is 18.9 Å². The second-order valence-corrected chi connectivity index (χ2v) is 14.7. The fraction of sp³-hybridized carbons (Fsp3) is 0.657. The fourth-order valence-electron chi connectivity index (χ4n) is 5.99. The topological polar surface area (TPSA) is 217 Å². The van der Waals surface area contributed by atoms with Gasteiger partial charge in [-0.2, -0.15) is 10.4 Å². The summed E-state index contributed by atoms with van der Waals surface area (Å²) in [6.45, 7) is 3.24. The fourth-order valence-corrected chi connectivity index (χ4v) is 6.84. The van der Waals surface area contributed by atoms with Crippen LogP contribution in [0.4, 0.5) is 5.82 Å². The number of unbranched alkanes of at least 4 members (excludes halogenated alkanes) is 11. The first-order valence-corrected chi connectivity index (χ1v) is 19.4. The van der Waals surface area contributed by atoms with Crippen LogP contribution in [0.1, 0.15) is 108 Å². The van der Waals surface area contributed by atoms with E-state index in [9.17, 15) is 19.7 Å². The number of aromatic nitrogens is 4. The monoisotopic (exact) mass is 732 g/mol. The van der Waals surface area contributed by atoms with Gasteiger partial charge >= 0.3 is 7.82 Å². The number of hydrogen-bond donors (Lipinski definition) is 4. The van der Waals surface area contributed by atoms with Crippen molar-refractivity contribution in [3.8, 4) is 11.9 Å². The van der Waals surface area contributed by atoms with E-state index in [-0.39, 0.29) is 18.3 Å². The van der Waals surface area contributed by atoms with Gasteiger partial charge in [-0.25, -0.2) is 19.0 Å². The number of rotatable bonds is 24. The van der Waals surface area contributed by atoms with Gasteiger partial charge in [-0.1, -0.05) is 77.6 Å². The van der Waals surface area contributed by atoms with Gasteiger partial charge in [0.15, 0.2) is 5.82 Å². The number of hydrogen-bond acceptors (Lipinski definition) is 13. The quantitative estimate of drug-likeness (QED) is 0.0667. The zero-order chi connectivity index (χ0) is 36.7. The molecule has 3 aromatic rings. The highest BCUT2D eigenvalue weighted by molar-refractivity contribution is 7.47. The highest BCUT2D eigenvalue weighted by Gasteiger charge is 2.53. The van der Waals surface area contributed by atoms with Gasteiger partial charge in [0.2, 0.25) is 5.88 Å². The van der Waals surface area contributed by atoms with Crippen molar-refractivity contribution in [2.24, 2.45) is 0 Å². The van der Waals surface area contributed by atoms with E-state index >= 15 is 0 Å². The molecule has 0 spiro atoms. The second-order valence-electron chi connectivity index (χ2n) is 13.2. The van der Waals surface area contributed by atoms with Crippen LogP contribution in [-0.4, -0.2) is 85.0 Å². The standard InChI is InChI=1S/C35H53N6O9P/c1-3-4-5-6-7-8-9-10-11-12-13-14-19-46-22-27(49-30-18-15-26(20-36)21-38-30)23-47-51(44,45)48-24-35(2)33(43)31(42)32(50-35)28-16-17-29-34(37)39-25-40-41(28)29/h15-18,21,25,27,31-33,42-43H,3-14,19,22-24H2,1-2H3,(H,44,45)(H2,37,39,40)/t27-,31+,32+,33+,35-/m1/s1. The molecule has 3 aromatic heterocycles. The number of aliphatic hydroxyl groups excluding tert-OH is 2. The van der Waals surface area contributed by atoms with E-state index in [0.717, 1.165) is 19.3 Å². The highest BCUT2D eigenvalue weighted by atomic mass is 31.2. The van der Waals surface area contributed by atoms with E-state index in [1.165, 1.54) is 87.8 Å². The van der Waals surface area contributed by atoms with Crippen molar-refractivity contribution in [1.29, 1.82) is 5.26 Å². The second kappa shape index (κ2) is 20.2. The molecular weight excluding hydrogens is 679 g/mol. The number of nitrogens with zero attached hydrogens (tertiary/aromatic N) is 5. The Balaban J connectivity index is 1.23. The molecular formula is C35H53N6O9P. The molecule has 6 atom stereocenters. The highest BCUT2D eigenvalue weighted by Crippen LogP contribution is 2.47. The number of anilines is 1. The molecule has 15 nitrogen and oxygen atoms in total. The van der Waals surface area contributed by atoms with Gasteiger partial charge in [-0.05, 0) is 31.5 Å². The Morgan fingerprint density at radius 1 is 1.00 bits per heavy atom. The van der Waals surface area contributed by atoms with Gasteiger partial charge in [0.1, 0.15) is 47.9 Å². The van der Waals surface area contributed by atoms with E-state index in [1.807, 2.05) is 6.07 Å². The first-order valence-electron chi connectivity index (χ1n) is 17.9. The maximum Gasteiger partial charge on any atom is 0.472 e. The Hall–Kier alpha value is -3.19. The minimum Gasteiger partial charge on any atom is -0.469 e. The SMILES string of the molecule is CCCCCCCCCCCCCCOC[C@H](COP(=O)(O)OC[C@@]1(C)O[C@@H](c2ccc3c(N)ncnn23)[C@H](O)[C@@H]1O)Oc1ccc(C#N)cn1. The van der Waals surface area contributed by atoms with Crippen LogP contribution >= 0.6 is 7.82 Å². The molecule has 0 saturated carbocycles. The van der Waals surface area contributed by atoms with Crippen LogP contribution in [-0.2, 0) is 23.1 Å². The predicted molar refractivity (Wildman–Crippen MR) is 189 cm³/mol. The molecule has 0 aromatic carbocycles. The molecule has 282 valence electrons. The van der Waals surface area contributed by atoms with Crippen LogP contribution in [0.5, 0.6) is 5.88 Å². The first-order chi connectivity index (χ1) is 24.6. The summed E-state index contributed by atoms with van der Waals surface area (Å²) in [5, 5.41) is 35.0. The largest absolute Gasteiger partial charge is 0.472 e. The van der Waals surface area contributed by atoms with Crippen LogP contribution in [0.2, 0.25) is 0 Å². The number of pyridine rings is 1. The molecule has 4 heterocycles. The third-order valence-electron chi connectivity index (χ3n) is 8.99. The van der Waals surface area contributed by atoms with E-state index in [1.54, 1.807) is 18.2 Å². The summed E-state index contributed by atoms with van der Waals surface area (Å²) in [5.74, 6) is 0.408. The molecule has 0 amide bonds. The van der Waals surface area contributed by atoms with Crippen molar-refractivity contribution in [1.82, 2.24) is 19.6 Å². The molecule has 0 aliphatic carbocycles. The van der Waals surface area contributed by atoms with Crippen molar-refractivity contribution >= 4 is 19.2 Å². The van der Waals surface area contributed by atoms with E-state index in [2.05, 4.69) is 22.0 Å². The summed E-state index contributed by atoms with van der Waals surface area (Å²) in [6, 6.07) is 8.34. The molecule has 1 fully saturated rings. The Labute approximate surface area is 299 Å². The zero-order valence-electron chi connectivity index (χ0n) is 29.6. The summed E-state index contributed by atoms with van der Waals surface area (Å²) in [6.07, 6.45) is 12.6. The van der Waals surface area contributed by atoms with Crippen molar-refractivity contribution in [2.45, 2.75) is 121 Å². The Bertz CT molecular complexity index is 1570. The Kier molecular flexibility index (Phi) is 16.0. The predicted octanol–water partition coefficient (Wildman–Crippen LogP) is 5.43. The van der Waals surface area contributed by atoms with E-state index < -0.39 is 51.1 Å². The Morgan fingerprint density at radius 2 is 1.69 bits per heavy atom. The number of nitrogens with two attached hydrogens (primary N) is 1. The zero-order valence-corrected chi connectivity index (χ0v) is 30.5. The summed E-state index contributed by atoms with van der Waals surface area (Å²) < 4.78 is 42.7. The molecule has 0 bridgehead atoms. The lowest BCUT2D eigenvalue weighted by molar-refractivity contribution is -0.100. The third-order valence-corrected chi connectivity index (χ3v) is 9.93. The summed E-state index contributed by atoms with van der Waals surface area (Å²) >= 11 is 0. The Morgan fingerprint density at radius 3 is 2.33 bits per heavy atom. The number of phosphoric ester groups is 1. The maximum atomic E-state index is 13.0. The lowest BCUT2D eigenvalue weighted by Gasteiger charge is -2.28. The van der Waals surface area contributed by atoms with Crippen molar-refractivity contribution in [3.63, 3.8) is 0 Å². The number of nitriles is 1. The van der Waals surface area contributed by atoms with Crippen molar-refractivity contribution in [2.75, 3.05) is 32.2 Å². The number of ether oxygens (including phenoxy) is 3. The molecule has 1 aliphatic heterocycles. The number of phosphoric acid groups is 1. The molecule has 4 rings (SSSR count). The van der Waals surface area contributed by atoms with Crippen LogP contribution in [0, 0.1) is 11.3 Å². The lowest BCUT2D eigenvalue weighted by Crippen LogP contribution is -2.44. The number of nitrogen functional groups attached to an aromatic ring is 1. The maximum absolute atomic E-state index is 13.0. The minimum atomic E-state index is -4.72. The normalized spacial score (nSPS) is 22.2. The molecule has 1 aliphatic rings. The van der Waals surface area contributed by atoms with Crippen LogP contribution in [0.3, 0.4) is 0 Å². The molecule has 16 heteroatoms. The van der Waals surface area contributed by atoms with Crippen LogP contribution in [0.15, 0.2) is 36.8 Å². The molecule has 0 radical (unpaired) electrons. The summed E-state index contributed by atoms with van der Waals surface area (Å²) in [4.78, 5) is 18.6. The van der Waals surface area contributed by atoms with Gasteiger partial charge in [0.05, 0.1) is 31.1 Å². The third kappa shape index (κ3) is 12.2. The minimum absolute atomic E-state index is 0.0481. The van der Waals surface area contributed by atoms with Crippen molar-refractivity contribution < 1.29 is 42.9 Å². The number of fused-ring (bicyclic) bond motifs is 1. The lowest BCUT2D eigenvalue weighted by atomic mass is 9.97. The number of aliphatic hydroxyl groups is 2. The molecule has 5 N–H and O–H groups in total. The van der Waals surface area contributed by atoms with Crippen LogP contribution in [0.25, 0.3) is 5.52 Å². The van der Waals surface area contributed by atoms with Gasteiger partial charge in [0.25, 0.3) is 0 Å². The smallest absolute Gasteiger partial charge is 0.469 e. The van der Waals surface area contributed by atoms with E-state index in [0.29, 0.717) is 23.4 Å². The van der Waals surface area contributed by atoms with E-state index in [4.69, 9.17) is 34.3 Å². The van der Waals surface area contributed by atoms with Gasteiger partial charge < -0.3 is 35.1 Å². The molecule has 1 saturated heterocycles. The molecule has 1 unspecified atom stereocenters. The van der Waals surface area contributed by atoms with Crippen LogP contribution < -0.4 is 10.5 Å². The average Bonchev–Trinajstić information content (AvgIpc) is 3.65. The molecule has 51 heavy (non-hydrogen) atoms. The van der Waals surface area contributed by atoms with Gasteiger partial charge in [-0.15, -0.1) is 0 Å². The summed E-state index contributed by atoms with van der Waals surface area (Å²) in [7, 11) is -4.72. The average molecular weight is 733 g/mol. The van der Waals surface area contributed by atoms with Crippen molar-refractivity contribution in [3.05, 3.63) is 48.0 Å². The van der Waals surface area contributed by atoms with Gasteiger partial charge in [-0.3, -0.25) is 9.05 Å². The summed E-state index contributed by atoms with van der Waals surface area (Å²) in [5.41, 5.74) is 5.57. The first kappa shape index (κ1) is 40.6.